The lowest BCUT2D eigenvalue weighted by molar-refractivity contribution is -0.157. The molecule has 5 amide bonds. The Morgan fingerprint density at radius 2 is 1.62 bits per heavy atom. The largest absolute Gasteiger partial charge is 0.455 e. The van der Waals surface area contributed by atoms with Crippen molar-refractivity contribution in [3.05, 3.63) is 47.7 Å². The van der Waals surface area contributed by atoms with Gasteiger partial charge < -0.3 is 25.2 Å². The number of carbonyl (C=O) groups excluding carboxylic acids is 5. The number of nitrogens with one attached hydrogen (secondary N) is 3. The Balaban J connectivity index is 1.34. The van der Waals surface area contributed by atoms with Gasteiger partial charge in [-0.1, -0.05) is 44.2 Å². The summed E-state index contributed by atoms with van der Waals surface area (Å²) in [5, 5.41) is 8.10. The van der Waals surface area contributed by atoms with Crippen LogP contribution in [0.5, 0.6) is 0 Å². The van der Waals surface area contributed by atoms with E-state index in [2.05, 4.69) is 16.1 Å². The van der Waals surface area contributed by atoms with E-state index in [1.54, 1.807) is 13.8 Å². The molecule has 2 aromatic rings. The molecule has 1 aromatic carbocycles. The van der Waals surface area contributed by atoms with E-state index >= 15 is 0 Å². The van der Waals surface area contributed by atoms with Gasteiger partial charge in [-0.15, -0.1) is 0 Å². The fraction of sp³-hybridized carbons (Fsp3) is 0.568. The maximum atomic E-state index is 14.4. The lowest BCUT2D eigenvalue weighted by atomic mass is 9.76. The molecule has 3 saturated heterocycles. The number of aromatic nitrogens is 1. The molecule has 1 spiro atoms. The van der Waals surface area contributed by atoms with Crippen LogP contribution in [-0.2, 0) is 23.9 Å². The number of urea groups is 1. The second-order valence-corrected chi connectivity index (χ2v) is 14.5. The van der Waals surface area contributed by atoms with E-state index in [4.69, 9.17) is 9.72 Å². The summed E-state index contributed by atoms with van der Waals surface area (Å²) in [6.07, 6.45) is 7.00. The van der Waals surface area contributed by atoms with Crippen molar-refractivity contribution in [2.24, 2.45) is 11.3 Å². The molecule has 0 saturated carbocycles. The summed E-state index contributed by atoms with van der Waals surface area (Å²) in [6, 6.07) is 7.05. The van der Waals surface area contributed by atoms with E-state index in [1.165, 1.54) is 5.01 Å². The van der Waals surface area contributed by atoms with Crippen molar-refractivity contribution in [2.45, 2.75) is 90.4 Å². The normalized spacial score (nSPS) is 26.7. The summed E-state index contributed by atoms with van der Waals surface area (Å²) in [6.45, 7) is 9.72. The van der Waals surface area contributed by atoms with Crippen LogP contribution in [0.15, 0.2) is 36.4 Å². The molecule has 5 heterocycles. The smallest absolute Gasteiger partial charge is 0.325 e. The van der Waals surface area contributed by atoms with Crippen LogP contribution in [0.3, 0.4) is 0 Å². The Hall–Kier alpha value is -4.52. The second-order valence-electron chi connectivity index (χ2n) is 14.5. The molecule has 50 heavy (non-hydrogen) atoms. The van der Waals surface area contributed by atoms with Crippen molar-refractivity contribution in [1.82, 2.24) is 35.9 Å². The van der Waals surface area contributed by atoms with Crippen molar-refractivity contribution in [3.8, 4) is 0 Å². The fourth-order valence-corrected chi connectivity index (χ4v) is 7.26. The second kappa shape index (κ2) is 14.8. The standard InChI is InChI=1S/C37H49N7O6/c1-23(2)31-32(45)38-24(3)33(46)44-19-7-8-29(41-44)34(47)50-25(4)28-12-11-27-10-9-26(22-30(27)39-28)13-14-37(35(48)40-31)15-20-43(21-16-37)36(49)42-17-5-6-18-42/h9-14,22-25,29,31,41H,5-8,15-21H2,1-4H3,(H,38,45)(H,40,48)/t24-,25+,29-,31-/m0/s1. The third-order valence-electron chi connectivity index (χ3n) is 10.5. The zero-order valence-electron chi connectivity index (χ0n) is 29.4. The van der Waals surface area contributed by atoms with Crippen molar-refractivity contribution in [3.63, 3.8) is 0 Å². The van der Waals surface area contributed by atoms with E-state index in [0.717, 1.165) is 36.9 Å². The minimum Gasteiger partial charge on any atom is -0.455 e. The third kappa shape index (κ3) is 7.47. The highest BCUT2D eigenvalue weighted by molar-refractivity contribution is 5.94. The Morgan fingerprint density at radius 3 is 2.34 bits per heavy atom. The van der Waals surface area contributed by atoms with Gasteiger partial charge >= 0.3 is 12.0 Å². The number of hydrogen-bond acceptors (Lipinski definition) is 8. The predicted octanol–water partition coefficient (Wildman–Crippen LogP) is 3.30. The quantitative estimate of drug-likeness (QED) is 0.386. The maximum absolute atomic E-state index is 14.4. The van der Waals surface area contributed by atoms with Gasteiger partial charge in [0.25, 0.3) is 5.91 Å². The lowest BCUT2D eigenvalue weighted by Gasteiger charge is -2.41. The van der Waals surface area contributed by atoms with E-state index in [1.807, 2.05) is 66.1 Å². The van der Waals surface area contributed by atoms with Crippen LogP contribution in [-0.4, -0.2) is 100 Å². The Morgan fingerprint density at radius 1 is 0.920 bits per heavy atom. The molecule has 4 atom stereocenters. The average Bonchev–Trinajstić information content (AvgIpc) is 3.67. The number of amides is 5. The van der Waals surface area contributed by atoms with Gasteiger partial charge in [-0.05, 0) is 76.0 Å². The number of pyridine rings is 1. The topological polar surface area (TPSA) is 153 Å². The van der Waals surface area contributed by atoms with Crippen molar-refractivity contribution >= 4 is 46.7 Å². The number of hydrogen-bond donors (Lipinski definition) is 3. The highest BCUT2D eigenvalue weighted by Crippen LogP contribution is 2.36. The number of fused-ring (bicyclic) bond motifs is 4. The number of benzene rings is 1. The highest BCUT2D eigenvalue weighted by Gasteiger charge is 2.43. The first-order valence-corrected chi connectivity index (χ1v) is 18.0. The number of carbonyl (C=O) groups is 5. The number of cyclic esters (lactones) is 1. The van der Waals surface area contributed by atoms with E-state index in [-0.39, 0.29) is 17.9 Å². The SMILES string of the molecule is CC(C)[C@@H]1NC(=O)C2(C=Cc3ccc4ccc(nc4c3)[C@@H](C)OC(=O)[C@@H]3CCCN(N3)C(=O)[C@H](C)NC1=O)CCN(C(=O)N1CCCC1)CC2. The molecule has 13 nitrogen and oxygen atoms in total. The highest BCUT2D eigenvalue weighted by atomic mass is 16.5. The van der Waals surface area contributed by atoms with E-state index in [0.29, 0.717) is 56.5 Å². The summed E-state index contributed by atoms with van der Waals surface area (Å²) in [4.78, 5) is 76.5. The Bertz CT molecular complexity index is 1660. The molecule has 4 aliphatic heterocycles. The molecule has 268 valence electrons. The molecule has 6 rings (SSSR count). The molecule has 0 unspecified atom stereocenters. The molecular weight excluding hydrogens is 638 g/mol. The van der Waals surface area contributed by atoms with Crippen LogP contribution in [0.4, 0.5) is 4.79 Å². The van der Waals surface area contributed by atoms with E-state index < -0.39 is 47.4 Å². The van der Waals surface area contributed by atoms with Crippen molar-refractivity contribution < 1.29 is 28.7 Å². The summed E-state index contributed by atoms with van der Waals surface area (Å²) in [5.74, 6) is -1.94. The average molecular weight is 688 g/mol. The molecule has 3 N–H and O–H groups in total. The van der Waals surface area contributed by atoms with Gasteiger partial charge in [0.2, 0.25) is 11.8 Å². The number of likely N-dealkylation sites (tertiary alicyclic amines) is 2. The number of piperidine rings is 1. The summed E-state index contributed by atoms with van der Waals surface area (Å²) in [7, 11) is 0. The first-order valence-electron chi connectivity index (χ1n) is 18.0. The molecule has 0 radical (unpaired) electrons. The number of ether oxygens (including phenoxy) is 1. The summed E-state index contributed by atoms with van der Waals surface area (Å²) in [5.41, 5.74) is 4.14. The van der Waals surface area contributed by atoms with Gasteiger partial charge in [-0.25, -0.2) is 15.2 Å². The van der Waals surface area contributed by atoms with Crippen LogP contribution >= 0.6 is 0 Å². The fourth-order valence-electron chi connectivity index (χ4n) is 7.26. The Kier molecular flexibility index (Phi) is 10.4. The monoisotopic (exact) mass is 687 g/mol. The van der Waals surface area contributed by atoms with Crippen LogP contribution in [0.2, 0.25) is 0 Å². The molecule has 0 aliphatic carbocycles. The minimum absolute atomic E-state index is 0.00775. The number of hydrazine groups is 1. The van der Waals surface area contributed by atoms with Crippen molar-refractivity contribution in [1.29, 1.82) is 0 Å². The maximum Gasteiger partial charge on any atom is 0.325 e. The number of rotatable bonds is 1. The summed E-state index contributed by atoms with van der Waals surface area (Å²) < 4.78 is 5.82. The molecule has 4 aliphatic rings. The zero-order valence-corrected chi connectivity index (χ0v) is 29.4. The lowest BCUT2D eigenvalue weighted by Crippen LogP contribution is -2.61. The molecular formula is C37H49N7O6. The van der Waals surface area contributed by atoms with Crippen LogP contribution in [0.25, 0.3) is 17.0 Å². The molecule has 1 aromatic heterocycles. The first-order chi connectivity index (χ1) is 23.9. The number of nitrogens with zero attached hydrogens (tertiary/aromatic N) is 4. The summed E-state index contributed by atoms with van der Waals surface area (Å²) >= 11 is 0. The van der Waals surface area contributed by atoms with Crippen LogP contribution in [0.1, 0.15) is 83.6 Å². The van der Waals surface area contributed by atoms with Gasteiger partial charge in [-0.3, -0.25) is 24.2 Å². The van der Waals surface area contributed by atoms with Gasteiger partial charge in [0.05, 0.1) is 16.6 Å². The molecule has 13 heteroatoms. The predicted molar refractivity (Wildman–Crippen MR) is 187 cm³/mol. The first kappa shape index (κ1) is 35.3. The van der Waals surface area contributed by atoms with Crippen LogP contribution in [0, 0.1) is 11.3 Å². The van der Waals surface area contributed by atoms with Gasteiger partial charge in [0, 0.05) is 38.1 Å². The Labute approximate surface area is 293 Å². The third-order valence-corrected chi connectivity index (χ3v) is 10.5. The number of esters is 1. The van der Waals surface area contributed by atoms with Gasteiger partial charge in [0.1, 0.15) is 24.2 Å². The zero-order chi connectivity index (χ0) is 35.6. The molecule has 5 bridgehead atoms. The van der Waals surface area contributed by atoms with Gasteiger partial charge in [-0.2, -0.15) is 0 Å². The van der Waals surface area contributed by atoms with Crippen LogP contribution < -0.4 is 16.1 Å². The van der Waals surface area contributed by atoms with Crippen molar-refractivity contribution in [2.75, 3.05) is 32.7 Å². The molecule has 3 fully saturated rings. The van der Waals surface area contributed by atoms with Gasteiger partial charge in [0.15, 0.2) is 0 Å². The minimum atomic E-state index is -0.991. The van der Waals surface area contributed by atoms with E-state index in [9.17, 15) is 24.0 Å².